The standard InChI is InChI=1S/C15H22N2O4/c1-15(2,3)21-14(18)17-16-12-7-8-20-13-6-5-10(19-4)9-11(12)13/h5-6,9,12,16H,7-8H2,1-4H3,(H,17,18). The summed E-state index contributed by atoms with van der Waals surface area (Å²) >= 11 is 0. The molecule has 116 valence electrons. The summed E-state index contributed by atoms with van der Waals surface area (Å²) in [4.78, 5) is 11.7. The minimum Gasteiger partial charge on any atom is -0.497 e. The highest BCUT2D eigenvalue weighted by Crippen LogP contribution is 2.34. The maximum Gasteiger partial charge on any atom is 0.422 e. The molecule has 1 amide bonds. The quantitative estimate of drug-likeness (QED) is 0.839. The van der Waals surface area contributed by atoms with E-state index in [0.29, 0.717) is 6.61 Å². The Kier molecular flexibility index (Phi) is 4.57. The van der Waals surface area contributed by atoms with Crippen molar-refractivity contribution in [3.8, 4) is 11.5 Å². The molecule has 0 saturated heterocycles. The third kappa shape index (κ3) is 4.26. The number of benzene rings is 1. The molecule has 2 N–H and O–H groups in total. The zero-order valence-electron chi connectivity index (χ0n) is 12.9. The molecule has 2 rings (SSSR count). The molecular formula is C15H22N2O4. The van der Waals surface area contributed by atoms with Crippen molar-refractivity contribution in [1.82, 2.24) is 10.9 Å². The molecule has 1 aromatic rings. The minimum atomic E-state index is -0.525. The topological polar surface area (TPSA) is 68.8 Å². The highest BCUT2D eigenvalue weighted by molar-refractivity contribution is 5.67. The van der Waals surface area contributed by atoms with Crippen molar-refractivity contribution in [2.45, 2.75) is 38.8 Å². The Balaban J connectivity index is 2.01. The van der Waals surface area contributed by atoms with Crippen molar-refractivity contribution in [2.24, 2.45) is 0 Å². The number of hydrogen-bond donors (Lipinski definition) is 2. The monoisotopic (exact) mass is 294 g/mol. The van der Waals surface area contributed by atoms with Crippen molar-refractivity contribution in [3.63, 3.8) is 0 Å². The Morgan fingerprint density at radius 2 is 2.14 bits per heavy atom. The van der Waals surface area contributed by atoms with Crippen molar-refractivity contribution in [2.75, 3.05) is 13.7 Å². The number of hydrazine groups is 1. The molecule has 6 heteroatoms. The van der Waals surface area contributed by atoms with E-state index >= 15 is 0 Å². The molecule has 1 aromatic carbocycles. The van der Waals surface area contributed by atoms with Crippen LogP contribution in [0.25, 0.3) is 0 Å². The van der Waals surface area contributed by atoms with Crippen LogP contribution < -0.4 is 20.3 Å². The van der Waals surface area contributed by atoms with E-state index in [9.17, 15) is 4.79 Å². The molecular weight excluding hydrogens is 272 g/mol. The van der Waals surface area contributed by atoms with E-state index in [0.717, 1.165) is 23.5 Å². The number of carbonyl (C=O) groups excluding carboxylic acids is 1. The zero-order valence-corrected chi connectivity index (χ0v) is 12.9. The Labute approximate surface area is 124 Å². The van der Waals surface area contributed by atoms with E-state index in [2.05, 4.69) is 10.9 Å². The van der Waals surface area contributed by atoms with Crippen LogP contribution in [0.15, 0.2) is 18.2 Å². The van der Waals surface area contributed by atoms with Gasteiger partial charge in [0.25, 0.3) is 0 Å². The number of amides is 1. The van der Waals surface area contributed by atoms with Gasteiger partial charge < -0.3 is 14.2 Å². The lowest BCUT2D eigenvalue weighted by Crippen LogP contribution is -2.44. The van der Waals surface area contributed by atoms with Gasteiger partial charge >= 0.3 is 6.09 Å². The van der Waals surface area contributed by atoms with Gasteiger partial charge in [-0.25, -0.2) is 10.2 Å². The van der Waals surface area contributed by atoms with E-state index in [-0.39, 0.29) is 6.04 Å². The first-order valence-electron chi connectivity index (χ1n) is 6.94. The molecule has 1 aliphatic rings. The zero-order chi connectivity index (χ0) is 15.5. The van der Waals surface area contributed by atoms with Crippen molar-refractivity contribution in [1.29, 1.82) is 0 Å². The largest absolute Gasteiger partial charge is 0.497 e. The first-order chi connectivity index (χ1) is 9.89. The highest BCUT2D eigenvalue weighted by Gasteiger charge is 2.23. The molecule has 1 atom stereocenters. The van der Waals surface area contributed by atoms with Crippen molar-refractivity contribution < 1.29 is 19.0 Å². The van der Waals surface area contributed by atoms with Crippen LogP contribution in [0.1, 0.15) is 38.8 Å². The highest BCUT2D eigenvalue weighted by atomic mass is 16.6. The molecule has 0 bridgehead atoms. The summed E-state index contributed by atoms with van der Waals surface area (Å²) < 4.78 is 16.0. The first-order valence-corrected chi connectivity index (χ1v) is 6.94. The molecule has 1 unspecified atom stereocenters. The first kappa shape index (κ1) is 15.4. The minimum absolute atomic E-state index is 0.0450. The van der Waals surface area contributed by atoms with Crippen LogP contribution in [0.2, 0.25) is 0 Å². The van der Waals surface area contributed by atoms with Crippen LogP contribution in [0.5, 0.6) is 11.5 Å². The van der Waals surface area contributed by atoms with E-state index in [1.54, 1.807) is 7.11 Å². The SMILES string of the molecule is COc1ccc2c(c1)C(NNC(=O)OC(C)(C)C)CCO2. The molecule has 0 fully saturated rings. The maximum atomic E-state index is 11.7. The molecule has 0 radical (unpaired) electrons. The Morgan fingerprint density at radius 3 is 2.81 bits per heavy atom. The Morgan fingerprint density at radius 1 is 1.38 bits per heavy atom. The van der Waals surface area contributed by atoms with Gasteiger partial charge in [-0.15, -0.1) is 0 Å². The van der Waals surface area contributed by atoms with Gasteiger partial charge in [-0.3, -0.25) is 5.43 Å². The number of methoxy groups -OCH3 is 1. The molecule has 0 spiro atoms. The predicted octanol–water partition coefficient (Wildman–Crippen LogP) is 2.55. The summed E-state index contributed by atoms with van der Waals surface area (Å²) in [6.45, 7) is 6.05. The third-order valence-corrected chi connectivity index (χ3v) is 3.00. The van der Waals surface area contributed by atoms with Crippen LogP contribution in [0, 0.1) is 0 Å². The second-order valence-corrected chi connectivity index (χ2v) is 5.86. The fraction of sp³-hybridized carbons (Fsp3) is 0.533. The van der Waals surface area contributed by atoms with Crippen LogP contribution >= 0.6 is 0 Å². The smallest absolute Gasteiger partial charge is 0.422 e. The van der Waals surface area contributed by atoms with E-state index in [1.165, 1.54) is 0 Å². The summed E-state index contributed by atoms with van der Waals surface area (Å²) in [7, 11) is 1.62. The fourth-order valence-corrected chi connectivity index (χ4v) is 2.10. The molecule has 21 heavy (non-hydrogen) atoms. The number of fused-ring (bicyclic) bond motifs is 1. The second kappa shape index (κ2) is 6.22. The van der Waals surface area contributed by atoms with Gasteiger partial charge in [-0.2, -0.15) is 0 Å². The van der Waals surface area contributed by atoms with E-state index in [4.69, 9.17) is 14.2 Å². The van der Waals surface area contributed by atoms with Gasteiger partial charge in [-0.1, -0.05) is 0 Å². The summed E-state index contributed by atoms with van der Waals surface area (Å²) in [6.07, 6.45) is 0.245. The normalized spacial score (nSPS) is 17.4. The molecule has 1 aliphatic heterocycles. The van der Waals surface area contributed by atoms with Gasteiger partial charge in [0.1, 0.15) is 17.1 Å². The van der Waals surface area contributed by atoms with E-state index < -0.39 is 11.7 Å². The van der Waals surface area contributed by atoms with Gasteiger partial charge in [0.2, 0.25) is 0 Å². The maximum absolute atomic E-state index is 11.7. The summed E-state index contributed by atoms with van der Waals surface area (Å²) in [5.74, 6) is 1.55. The van der Waals surface area contributed by atoms with Gasteiger partial charge in [-0.05, 0) is 39.0 Å². The lowest BCUT2D eigenvalue weighted by atomic mass is 10.0. The van der Waals surface area contributed by atoms with Crippen LogP contribution in [0.3, 0.4) is 0 Å². The average molecular weight is 294 g/mol. The van der Waals surface area contributed by atoms with Crippen molar-refractivity contribution in [3.05, 3.63) is 23.8 Å². The fourth-order valence-electron chi connectivity index (χ4n) is 2.10. The van der Waals surface area contributed by atoms with Gasteiger partial charge in [0, 0.05) is 12.0 Å². The lowest BCUT2D eigenvalue weighted by molar-refractivity contribution is 0.0481. The van der Waals surface area contributed by atoms with E-state index in [1.807, 2.05) is 39.0 Å². The number of hydrogen-bond acceptors (Lipinski definition) is 5. The number of carbonyl (C=O) groups is 1. The van der Waals surface area contributed by atoms with Crippen LogP contribution in [0.4, 0.5) is 4.79 Å². The molecule has 0 saturated carbocycles. The average Bonchev–Trinajstić information content (AvgIpc) is 2.42. The lowest BCUT2D eigenvalue weighted by Gasteiger charge is -2.28. The number of rotatable bonds is 3. The molecule has 1 heterocycles. The van der Waals surface area contributed by atoms with Gasteiger partial charge in [0.15, 0.2) is 0 Å². The van der Waals surface area contributed by atoms with Crippen molar-refractivity contribution >= 4 is 6.09 Å². The third-order valence-electron chi connectivity index (χ3n) is 3.00. The number of nitrogens with one attached hydrogen (secondary N) is 2. The number of ether oxygens (including phenoxy) is 3. The predicted molar refractivity (Wildman–Crippen MR) is 78.4 cm³/mol. The van der Waals surface area contributed by atoms with Gasteiger partial charge in [0.05, 0.1) is 19.8 Å². The summed E-state index contributed by atoms with van der Waals surface area (Å²) in [5.41, 5.74) is 6.00. The summed E-state index contributed by atoms with van der Waals surface area (Å²) in [6, 6.07) is 5.58. The molecule has 6 nitrogen and oxygen atoms in total. The Hall–Kier alpha value is -1.95. The molecule has 0 aromatic heterocycles. The Bertz CT molecular complexity index is 511. The summed E-state index contributed by atoms with van der Waals surface area (Å²) in [5, 5.41) is 0. The molecule has 0 aliphatic carbocycles. The second-order valence-electron chi connectivity index (χ2n) is 5.86. The van der Waals surface area contributed by atoms with Crippen LogP contribution in [-0.4, -0.2) is 25.4 Å². The van der Waals surface area contributed by atoms with Crippen LogP contribution in [-0.2, 0) is 4.74 Å².